The molecule has 0 fully saturated rings. The molecule has 2 aromatic rings. The molecule has 1 N–H and O–H groups in total. The minimum Gasteiger partial charge on any atom is -0.376 e. The molecule has 2 rings (SSSR count). The molecule has 4 heteroatoms. The van der Waals surface area contributed by atoms with E-state index in [0.29, 0.717) is 0 Å². The van der Waals surface area contributed by atoms with E-state index in [2.05, 4.69) is 50.3 Å². The van der Waals surface area contributed by atoms with Crippen molar-refractivity contribution in [1.82, 2.24) is 9.97 Å². The minimum absolute atomic E-state index is 0.225. The number of aromatic nitrogens is 2. The lowest BCUT2D eigenvalue weighted by molar-refractivity contribution is 0.879. The van der Waals surface area contributed by atoms with Crippen LogP contribution in [0.5, 0.6) is 0 Å². The summed E-state index contributed by atoms with van der Waals surface area (Å²) in [4.78, 5) is 7.93. The Labute approximate surface area is 103 Å². The van der Waals surface area contributed by atoms with Gasteiger partial charge in [-0.2, -0.15) is 0 Å². The second kappa shape index (κ2) is 5.07. The van der Waals surface area contributed by atoms with Crippen LogP contribution < -0.4 is 5.32 Å². The Hall–Kier alpha value is -1.42. The third-order valence-corrected chi connectivity index (χ3v) is 2.79. The zero-order chi connectivity index (χ0) is 11.4. The Balaban J connectivity index is 2.12. The SMILES string of the molecule is CC(Nc1cncnc1)c1cccc(Br)c1. The van der Waals surface area contributed by atoms with Crippen molar-refractivity contribution in [2.75, 3.05) is 5.32 Å². The van der Waals surface area contributed by atoms with E-state index in [4.69, 9.17) is 0 Å². The summed E-state index contributed by atoms with van der Waals surface area (Å²) < 4.78 is 1.09. The summed E-state index contributed by atoms with van der Waals surface area (Å²) in [6, 6.07) is 8.46. The third-order valence-electron chi connectivity index (χ3n) is 2.29. The molecule has 1 atom stereocenters. The first-order chi connectivity index (χ1) is 7.75. The first kappa shape index (κ1) is 11.1. The topological polar surface area (TPSA) is 37.8 Å². The fraction of sp³-hybridized carbons (Fsp3) is 0.167. The molecular weight excluding hydrogens is 266 g/mol. The van der Waals surface area contributed by atoms with Gasteiger partial charge in [0.2, 0.25) is 0 Å². The van der Waals surface area contributed by atoms with Gasteiger partial charge in [-0.1, -0.05) is 28.1 Å². The van der Waals surface area contributed by atoms with Crippen molar-refractivity contribution < 1.29 is 0 Å². The number of halogens is 1. The molecule has 0 bridgehead atoms. The Bertz CT molecular complexity index is 459. The lowest BCUT2D eigenvalue weighted by Gasteiger charge is -2.15. The lowest BCUT2D eigenvalue weighted by atomic mass is 10.1. The monoisotopic (exact) mass is 277 g/mol. The summed E-state index contributed by atoms with van der Waals surface area (Å²) in [5.74, 6) is 0. The molecule has 0 saturated heterocycles. The first-order valence-electron chi connectivity index (χ1n) is 5.03. The van der Waals surface area contributed by atoms with Crippen LogP contribution >= 0.6 is 15.9 Å². The zero-order valence-electron chi connectivity index (χ0n) is 8.89. The largest absolute Gasteiger partial charge is 0.376 e. The minimum atomic E-state index is 0.225. The quantitative estimate of drug-likeness (QED) is 0.934. The van der Waals surface area contributed by atoms with E-state index in [9.17, 15) is 0 Å². The molecular formula is C12H12BrN3. The number of anilines is 1. The van der Waals surface area contributed by atoms with Gasteiger partial charge in [0.1, 0.15) is 6.33 Å². The molecule has 82 valence electrons. The highest BCUT2D eigenvalue weighted by Gasteiger charge is 2.05. The standard InChI is InChI=1S/C12H12BrN3/c1-9(10-3-2-4-11(13)5-10)16-12-6-14-8-15-7-12/h2-9,16H,1H3. The highest BCUT2D eigenvalue weighted by molar-refractivity contribution is 9.10. The number of nitrogens with one attached hydrogen (secondary N) is 1. The highest BCUT2D eigenvalue weighted by atomic mass is 79.9. The lowest BCUT2D eigenvalue weighted by Crippen LogP contribution is -2.06. The van der Waals surface area contributed by atoms with Crippen molar-refractivity contribution in [3.8, 4) is 0 Å². The Morgan fingerprint density at radius 1 is 1.25 bits per heavy atom. The van der Waals surface area contributed by atoms with Crippen molar-refractivity contribution in [3.05, 3.63) is 53.0 Å². The van der Waals surface area contributed by atoms with Crippen LogP contribution in [-0.4, -0.2) is 9.97 Å². The van der Waals surface area contributed by atoms with E-state index in [1.807, 2.05) is 12.1 Å². The molecule has 0 amide bonds. The average molecular weight is 278 g/mol. The number of hydrogen-bond acceptors (Lipinski definition) is 3. The van der Waals surface area contributed by atoms with Gasteiger partial charge in [-0.25, -0.2) is 9.97 Å². The van der Waals surface area contributed by atoms with Crippen LogP contribution in [0.4, 0.5) is 5.69 Å². The van der Waals surface area contributed by atoms with Gasteiger partial charge >= 0.3 is 0 Å². The van der Waals surface area contributed by atoms with Gasteiger partial charge in [-0.15, -0.1) is 0 Å². The highest BCUT2D eigenvalue weighted by Crippen LogP contribution is 2.21. The maximum atomic E-state index is 3.97. The molecule has 1 aromatic heterocycles. The van der Waals surface area contributed by atoms with Crippen LogP contribution in [0.25, 0.3) is 0 Å². The van der Waals surface area contributed by atoms with Gasteiger partial charge in [-0.05, 0) is 24.6 Å². The number of benzene rings is 1. The van der Waals surface area contributed by atoms with E-state index < -0.39 is 0 Å². The fourth-order valence-corrected chi connectivity index (χ4v) is 1.90. The number of nitrogens with zero attached hydrogens (tertiary/aromatic N) is 2. The second-order valence-corrected chi connectivity index (χ2v) is 4.46. The maximum absolute atomic E-state index is 3.97. The molecule has 0 radical (unpaired) electrons. The van der Waals surface area contributed by atoms with Gasteiger partial charge in [0.15, 0.2) is 0 Å². The molecule has 1 heterocycles. The molecule has 1 aromatic carbocycles. The molecule has 0 aliphatic carbocycles. The van der Waals surface area contributed by atoms with E-state index in [1.165, 1.54) is 11.9 Å². The predicted octanol–water partition coefficient (Wildman–Crippen LogP) is 3.41. The zero-order valence-corrected chi connectivity index (χ0v) is 10.5. The second-order valence-electron chi connectivity index (χ2n) is 3.55. The fourth-order valence-electron chi connectivity index (χ4n) is 1.48. The van der Waals surface area contributed by atoms with Crippen LogP contribution in [0.3, 0.4) is 0 Å². The van der Waals surface area contributed by atoms with E-state index in [0.717, 1.165) is 10.2 Å². The van der Waals surface area contributed by atoms with Crippen LogP contribution in [0.15, 0.2) is 47.5 Å². The molecule has 0 aliphatic rings. The van der Waals surface area contributed by atoms with Gasteiger partial charge in [0.25, 0.3) is 0 Å². The van der Waals surface area contributed by atoms with E-state index in [1.54, 1.807) is 12.4 Å². The predicted molar refractivity (Wildman–Crippen MR) is 68.2 cm³/mol. The molecule has 0 spiro atoms. The summed E-state index contributed by atoms with van der Waals surface area (Å²) in [7, 11) is 0. The smallest absolute Gasteiger partial charge is 0.115 e. The van der Waals surface area contributed by atoms with Gasteiger partial charge < -0.3 is 5.32 Å². The Morgan fingerprint density at radius 2 is 2.00 bits per heavy atom. The molecule has 3 nitrogen and oxygen atoms in total. The van der Waals surface area contributed by atoms with Crippen LogP contribution in [-0.2, 0) is 0 Å². The van der Waals surface area contributed by atoms with Crippen LogP contribution in [0.2, 0.25) is 0 Å². The molecule has 0 aliphatic heterocycles. The first-order valence-corrected chi connectivity index (χ1v) is 5.82. The van der Waals surface area contributed by atoms with Crippen molar-refractivity contribution in [2.24, 2.45) is 0 Å². The van der Waals surface area contributed by atoms with E-state index in [-0.39, 0.29) is 6.04 Å². The van der Waals surface area contributed by atoms with Gasteiger partial charge in [0.05, 0.1) is 18.1 Å². The van der Waals surface area contributed by atoms with Gasteiger partial charge in [-0.3, -0.25) is 0 Å². The van der Waals surface area contributed by atoms with Gasteiger partial charge in [0, 0.05) is 10.5 Å². The average Bonchev–Trinajstić information content (AvgIpc) is 2.30. The molecule has 1 unspecified atom stereocenters. The number of rotatable bonds is 3. The van der Waals surface area contributed by atoms with Crippen molar-refractivity contribution in [2.45, 2.75) is 13.0 Å². The molecule has 16 heavy (non-hydrogen) atoms. The normalized spacial score (nSPS) is 12.1. The van der Waals surface area contributed by atoms with Crippen molar-refractivity contribution in [3.63, 3.8) is 0 Å². The van der Waals surface area contributed by atoms with Crippen LogP contribution in [0.1, 0.15) is 18.5 Å². The summed E-state index contributed by atoms with van der Waals surface area (Å²) in [5, 5.41) is 3.34. The number of hydrogen-bond donors (Lipinski definition) is 1. The summed E-state index contributed by atoms with van der Waals surface area (Å²) in [6.07, 6.45) is 5.05. The molecule has 0 saturated carbocycles. The maximum Gasteiger partial charge on any atom is 0.115 e. The van der Waals surface area contributed by atoms with Crippen molar-refractivity contribution in [1.29, 1.82) is 0 Å². The van der Waals surface area contributed by atoms with Crippen molar-refractivity contribution >= 4 is 21.6 Å². The summed E-state index contributed by atoms with van der Waals surface area (Å²) in [5.41, 5.74) is 2.15. The summed E-state index contributed by atoms with van der Waals surface area (Å²) >= 11 is 3.46. The van der Waals surface area contributed by atoms with E-state index >= 15 is 0 Å². The summed E-state index contributed by atoms with van der Waals surface area (Å²) in [6.45, 7) is 2.11. The van der Waals surface area contributed by atoms with Crippen LogP contribution in [0, 0.1) is 0 Å². The Morgan fingerprint density at radius 3 is 2.69 bits per heavy atom. The third kappa shape index (κ3) is 2.79. The Kier molecular flexibility index (Phi) is 3.51.